The summed E-state index contributed by atoms with van der Waals surface area (Å²) in [6.45, 7) is 0. The number of rotatable bonds is 3. The van der Waals surface area contributed by atoms with Crippen LogP contribution in [-0.2, 0) is 6.42 Å². The van der Waals surface area contributed by atoms with Gasteiger partial charge in [0.25, 0.3) is 0 Å². The van der Waals surface area contributed by atoms with Crippen LogP contribution in [0, 0.1) is 15.0 Å². The molecule has 0 saturated carbocycles. The zero-order valence-corrected chi connectivity index (χ0v) is 10.7. The van der Waals surface area contributed by atoms with Gasteiger partial charge in [0, 0.05) is 11.6 Å². The molecule has 1 aromatic rings. The normalized spacial score (nSPS) is 10.8. The van der Waals surface area contributed by atoms with Crippen molar-refractivity contribution in [2.24, 2.45) is 0 Å². The smallest absolute Gasteiger partial charge is 0.496 e. The summed E-state index contributed by atoms with van der Waals surface area (Å²) in [5, 5.41) is 8.57. The van der Waals surface area contributed by atoms with Crippen LogP contribution in [-0.4, -0.2) is 18.5 Å². The predicted octanol–water partition coefficient (Wildman–Crippen LogP) is 2.66. The van der Waals surface area contributed by atoms with E-state index in [-0.39, 0.29) is 15.9 Å². The van der Waals surface area contributed by atoms with Gasteiger partial charge in [-0.25, -0.2) is 4.98 Å². The van der Waals surface area contributed by atoms with Crippen molar-refractivity contribution in [2.75, 3.05) is 7.11 Å². The van der Waals surface area contributed by atoms with Crippen molar-refractivity contribution in [1.82, 2.24) is 4.98 Å². The van der Waals surface area contributed by atoms with Crippen molar-refractivity contribution in [3.05, 3.63) is 15.3 Å². The van der Waals surface area contributed by atoms with E-state index < -0.39 is 12.2 Å². The molecule has 1 aromatic heterocycles. The fraction of sp³-hybridized carbons (Fsp3) is 0.333. The van der Waals surface area contributed by atoms with Gasteiger partial charge in [0.05, 0.1) is 19.6 Å². The number of halogens is 4. The molecule has 0 aromatic carbocycles. The van der Waals surface area contributed by atoms with E-state index in [1.807, 2.05) is 6.07 Å². The number of methoxy groups -OCH3 is 1. The molecular weight excluding hydrogens is 352 g/mol. The second-order valence-electron chi connectivity index (χ2n) is 2.81. The summed E-state index contributed by atoms with van der Waals surface area (Å²) in [5.74, 6) is -0.467. The van der Waals surface area contributed by atoms with E-state index in [0.29, 0.717) is 5.56 Å². The number of hydrogen-bond acceptors (Lipinski definition) is 4. The molecular formula is C9H6F3IN2O2. The molecule has 0 bridgehead atoms. The highest BCUT2D eigenvalue weighted by atomic mass is 127. The van der Waals surface area contributed by atoms with Gasteiger partial charge in [-0.2, -0.15) is 5.26 Å². The molecule has 0 radical (unpaired) electrons. The van der Waals surface area contributed by atoms with E-state index >= 15 is 0 Å². The Kier molecular flexibility index (Phi) is 4.39. The van der Waals surface area contributed by atoms with Gasteiger partial charge in [0.1, 0.15) is 9.45 Å². The molecule has 0 spiro atoms. The lowest BCUT2D eigenvalue weighted by molar-refractivity contribution is -0.276. The molecule has 0 unspecified atom stereocenters. The molecule has 0 N–H and O–H groups in total. The van der Waals surface area contributed by atoms with E-state index in [1.165, 1.54) is 7.11 Å². The lowest BCUT2D eigenvalue weighted by Gasteiger charge is -2.12. The van der Waals surface area contributed by atoms with Gasteiger partial charge in [-0.15, -0.1) is 13.2 Å². The minimum atomic E-state index is -4.81. The molecule has 17 heavy (non-hydrogen) atoms. The molecule has 0 aliphatic carbocycles. The first kappa shape index (κ1) is 13.8. The number of pyridine rings is 1. The Labute approximate surface area is 108 Å². The summed E-state index contributed by atoms with van der Waals surface area (Å²) in [6, 6.07) is 2.88. The third kappa shape index (κ3) is 3.92. The highest BCUT2D eigenvalue weighted by molar-refractivity contribution is 14.1. The highest BCUT2D eigenvalue weighted by Gasteiger charge is 2.32. The van der Waals surface area contributed by atoms with Crippen LogP contribution in [0.3, 0.4) is 0 Å². The molecule has 0 fully saturated rings. The van der Waals surface area contributed by atoms with Crippen LogP contribution < -0.4 is 9.47 Å². The zero-order valence-electron chi connectivity index (χ0n) is 8.51. The number of nitriles is 1. The van der Waals surface area contributed by atoms with Crippen molar-refractivity contribution >= 4 is 22.6 Å². The number of alkyl halides is 3. The Morgan fingerprint density at radius 1 is 1.53 bits per heavy atom. The molecule has 0 saturated heterocycles. The Balaban J connectivity index is 3.14. The Morgan fingerprint density at radius 3 is 2.65 bits per heavy atom. The minimum Gasteiger partial charge on any atom is -0.496 e. The van der Waals surface area contributed by atoms with Gasteiger partial charge in [-0.3, -0.25) is 0 Å². The topological polar surface area (TPSA) is 55.1 Å². The SMILES string of the molecule is COc1cc(OC(F)(F)F)nc(I)c1CC#N. The summed E-state index contributed by atoms with van der Waals surface area (Å²) in [5.41, 5.74) is 0.435. The standard InChI is InChI=1S/C9H6F3IN2O2/c1-16-6-4-7(17-9(10,11)12)15-8(13)5(6)2-3-14/h4H,2H2,1H3. The summed E-state index contributed by atoms with van der Waals surface area (Å²) < 4.78 is 44.8. The molecule has 0 atom stereocenters. The first-order valence-electron chi connectivity index (χ1n) is 4.23. The molecule has 92 valence electrons. The lowest BCUT2D eigenvalue weighted by atomic mass is 10.2. The van der Waals surface area contributed by atoms with Crippen LogP contribution >= 0.6 is 22.6 Å². The third-order valence-electron chi connectivity index (χ3n) is 1.71. The minimum absolute atomic E-state index is 0.000739. The Hall–Kier alpha value is -1.24. The maximum Gasteiger partial charge on any atom is 0.574 e. The number of hydrogen-bond donors (Lipinski definition) is 0. The predicted molar refractivity (Wildman–Crippen MR) is 59.5 cm³/mol. The van der Waals surface area contributed by atoms with E-state index in [0.717, 1.165) is 6.07 Å². The average Bonchev–Trinajstić information content (AvgIpc) is 2.19. The maximum absolute atomic E-state index is 12.0. The van der Waals surface area contributed by atoms with Crippen molar-refractivity contribution in [1.29, 1.82) is 5.26 Å². The van der Waals surface area contributed by atoms with Crippen LogP contribution in [0.2, 0.25) is 0 Å². The highest BCUT2D eigenvalue weighted by Crippen LogP contribution is 2.30. The molecule has 0 aliphatic heterocycles. The van der Waals surface area contributed by atoms with Crippen LogP contribution in [0.5, 0.6) is 11.6 Å². The summed E-state index contributed by atoms with van der Waals surface area (Å²) in [7, 11) is 1.30. The molecule has 0 aliphatic rings. The van der Waals surface area contributed by atoms with Crippen LogP contribution in [0.1, 0.15) is 5.56 Å². The number of aromatic nitrogens is 1. The lowest BCUT2D eigenvalue weighted by Crippen LogP contribution is -2.18. The van der Waals surface area contributed by atoms with Gasteiger partial charge in [0.2, 0.25) is 5.88 Å². The third-order valence-corrected chi connectivity index (χ3v) is 2.60. The van der Waals surface area contributed by atoms with Crippen molar-refractivity contribution in [3.8, 4) is 17.7 Å². The van der Waals surface area contributed by atoms with E-state index in [1.54, 1.807) is 22.6 Å². The summed E-state index contributed by atoms with van der Waals surface area (Å²) in [4.78, 5) is 3.60. The largest absolute Gasteiger partial charge is 0.574 e. The zero-order chi connectivity index (χ0) is 13.1. The van der Waals surface area contributed by atoms with Crippen molar-refractivity contribution in [2.45, 2.75) is 12.8 Å². The first-order chi connectivity index (χ1) is 7.87. The second kappa shape index (κ2) is 5.39. The van der Waals surface area contributed by atoms with Gasteiger partial charge in [-0.05, 0) is 22.6 Å². The van der Waals surface area contributed by atoms with Gasteiger partial charge >= 0.3 is 6.36 Å². The quantitative estimate of drug-likeness (QED) is 0.616. The van der Waals surface area contributed by atoms with E-state index in [9.17, 15) is 13.2 Å². The first-order valence-corrected chi connectivity index (χ1v) is 5.31. The fourth-order valence-electron chi connectivity index (χ4n) is 1.09. The Bertz CT molecular complexity index is 457. The molecule has 0 amide bonds. The van der Waals surface area contributed by atoms with E-state index in [4.69, 9.17) is 10.00 Å². The summed E-state index contributed by atoms with van der Waals surface area (Å²) >= 11 is 1.72. The molecule has 4 nitrogen and oxygen atoms in total. The maximum atomic E-state index is 12.0. The number of nitrogens with zero attached hydrogens (tertiary/aromatic N) is 2. The van der Waals surface area contributed by atoms with E-state index in [2.05, 4.69) is 9.72 Å². The average molecular weight is 358 g/mol. The monoisotopic (exact) mass is 358 g/mol. The van der Waals surface area contributed by atoms with Crippen LogP contribution in [0.4, 0.5) is 13.2 Å². The Morgan fingerprint density at radius 2 is 2.18 bits per heavy atom. The van der Waals surface area contributed by atoms with Gasteiger partial charge in [-0.1, -0.05) is 0 Å². The van der Waals surface area contributed by atoms with Crippen LogP contribution in [0.15, 0.2) is 6.07 Å². The molecule has 8 heteroatoms. The van der Waals surface area contributed by atoms with Gasteiger partial charge < -0.3 is 9.47 Å². The van der Waals surface area contributed by atoms with Gasteiger partial charge in [0.15, 0.2) is 0 Å². The van der Waals surface area contributed by atoms with Crippen LogP contribution in [0.25, 0.3) is 0 Å². The molecule has 1 heterocycles. The summed E-state index contributed by atoms with van der Waals surface area (Å²) in [6.07, 6.45) is -4.81. The number of ether oxygens (including phenoxy) is 2. The second-order valence-corrected chi connectivity index (χ2v) is 3.84. The molecule has 1 rings (SSSR count). The van der Waals surface area contributed by atoms with Crippen molar-refractivity contribution in [3.63, 3.8) is 0 Å². The fourth-order valence-corrected chi connectivity index (χ4v) is 1.78. The van der Waals surface area contributed by atoms with Crippen molar-refractivity contribution < 1.29 is 22.6 Å².